The summed E-state index contributed by atoms with van der Waals surface area (Å²) >= 11 is 0. The van der Waals surface area contributed by atoms with Gasteiger partial charge in [-0.25, -0.2) is 0 Å². The van der Waals surface area contributed by atoms with Crippen LogP contribution in [0.5, 0.6) is 5.75 Å². The first-order valence-electron chi connectivity index (χ1n) is 11.3. The van der Waals surface area contributed by atoms with Crippen LogP contribution in [0.25, 0.3) is 11.0 Å². The van der Waals surface area contributed by atoms with Crippen molar-refractivity contribution >= 4 is 28.5 Å². The van der Waals surface area contributed by atoms with E-state index in [-0.39, 0.29) is 24.9 Å². The van der Waals surface area contributed by atoms with Crippen LogP contribution in [0.3, 0.4) is 0 Å². The van der Waals surface area contributed by atoms with Crippen molar-refractivity contribution in [3.05, 3.63) is 95.2 Å². The number of anilines is 1. The van der Waals surface area contributed by atoms with Crippen LogP contribution in [0.4, 0.5) is 5.69 Å². The molecule has 35 heavy (non-hydrogen) atoms. The molecule has 1 atom stereocenters. The van der Waals surface area contributed by atoms with Crippen LogP contribution < -0.4 is 10.1 Å². The Morgan fingerprint density at radius 2 is 1.77 bits per heavy atom. The van der Waals surface area contributed by atoms with E-state index in [1.54, 1.807) is 26.3 Å². The summed E-state index contributed by atoms with van der Waals surface area (Å²) in [5.74, 6) is 0.411. The summed E-state index contributed by atoms with van der Waals surface area (Å²) in [6.45, 7) is 2.19. The minimum Gasteiger partial charge on any atom is -0.497 e. The van der Waals surface area contributed by atoms with Gasteiger partial charge in [0, 0.05) is 35.8 Å². The van der Waals surface area contributed by atoms with Crippen LogP contribution in [-0.2, 0) is 4.79 Å². The number of nitrogens with one attached hydrogen (secondary N) is 1. The number of carbonyl (C=O) groups is 2. The molecule has 7 nitrogen and oxygen atoms in total. The second-order valence-corrected chi connectivity index (χ2v) is 8.39. The lowest BCUT2D eigenvalue weighted by molar-refractivity contribution is -0.137. The molecule has 0 radical (unpaired) electrons. The molecule has 180 valence electrons. The van der Waals surface area contributed by atoms with E-state index in [1.807, 2.05) is 67.6 Å². The molecular formula is C28H28N2O5. The van der Waals surface area contributed by atoms with Crippen molar-refractivity contribution in [3.63, 3.8) is 0 Å². The average molecular weight is 473 g/mol. The van der Waals surface area contributed by atoms with Crippen LogP contribution in [0.1, 0.15) is 39.7 Å². The zero-order valence-corrected chi connectivity index (χ0v) is 19.9. The van der Waals surface area contributed by atoms with Crippen LogP contribution in [0.15, 0.2) is 77.2 Å². The Morgan fingerprint density at radius 1 is 1.06 bits per heavy atom. The van der Waals surface area contributed by atoms with Gasteiger partial charge in [-0.3, -0.25) is 9.59 Å². The van der Waals surface area contributed by atoms with Gasteiger partial charge in [-0.2, -0.15) is 0 Å². The lowest BCUT2D eigenvalue weighted by atomic mass is 10.00. The van der Waals surface area contributed by atoms with E-state index in [1.165, 1.54) is 4.90 Å². The lowest BCUT2D eigenvalue weighted by Gasteiger charge is -2.20. The number of furan rings is 1. The second kappa shape index (κ2) is 10.3. The van der Waals surface area contributed by atoms with Gasteiger partial charge < -0.3 is 24.5 Å². The maximum Gasteiger partial charge on any atom is 0.305 e. The normalized spacial score (nSPS) is 11.7. The molecule has 3 aromatic carbocycles. The molecule has 0 fully saturated rings. The minimum absolute atomic E-state index is 0.0939. The Balaban J connectivity index is 1.62. The number of benzene rings is 3. The highest BCUT2D eigenvalue weighted by molar-refractivity contribution is 5.94. The molecule has 7 heteroatoms. The molecule has 0 aliphatic carbocycles. The third-order valence-electron chi connectivity index (χ3n) is 6.03. The summed E-state index contributed by atoms with van der Waals surface area (Å²) in [7, 11) is 3.24. The molecule has 0 spiro atoms. The summed E-state index contributed by atoms with van der Waals surface area (Å²) in [4.78, 5) is 24.8. The van der Waals surface area contributed by atoms with Gasteiger partial charge in [0.05, 0.1) is 13.5 Å². The number of aliphatic carboxylic acids is 1. The second-order valence-electron chi connectivity index (χ2n) is 8.39. The highest BCUT2D eigenvalue weighted by atomic mass is 16.5. The zero-order valence-electron chi connectivity index (χ0n) is 19.9. The first-order chi connectivity index (χ1) is 16.9. The summed E-state index contributed by atoms with van der Waals surface area (Å²) in [5, 5.41) is 13.4. The number of rotatable bonds is 9. The molecule has 1 amide bonds. The van der Waals surface area contributed by atoms with E-state index in [2.05, 4.69) is 5.32 Å². The van der Waals surface area contributed by atoms with Gasteiger partial charge in [0.25, 0.3) is 5.91 Å². The molecule has 1 heterocycles. The Morgan fingerprint density at radius 3 is 2.43 bits per heavy atom. The van der Waals surface area contributed by atoms with Gasteiger partial charge in [-0.15, -0.1) is 0 Å². The third kappa shape index (κ3) is 5.30. The Labute approximate surface area is 203 Å². The molecular weight excluding hydrogens is 444 g/mol. The molecule has 0 aliphatic rings. The summed E-state index contributed by atoms with van der Waals surface area (Å²) in [5.41, 5.74) is 4.15. The average Bonchev–Trinajstić information content (AvgIpc) is 3.21. The van der Waals surface area contributed by atoms with Gasteiger partial charge >= 0.3 is 5.97 Å². The fourth-order valence-electron chi connectivity index (χ4n) is 4.03. The number of hydrogen-bond acceptors (Lipinski definition) is 5. The third-order valence-corrected chi connectivity index (χ3v) is 6.03. The topological polar surface area (TPSA) is 92.0 Å². The fourth-order valence-corrected chi connectivity index (χ4v) is 4.03. The number of aryl methyl sites for hydroxylation is 1. The van der Waals surface area contributed by atoms with Gasteiger partial charge in [0.2, 0.25) is 0 Å². The van der Waals surface area contributed by atoms with E-state index in [0.717, 1.165) is 39.3 Å². The predicted octanol–water partition coefficient (Wildman–Crippen LogP) is 5.50. The first kappa shape index (κ1) is 23.9. The standard InChI is InChI=1S/C28H28N2O5/c1-18-23-17-22(34-3)13-14-24(23)35-27(18)26(19-7-5-4-6-8-19)29-21-11-9-20(10-12-21)28(33)30(2)16-15-25(31)32/h4-14,17,26,29H,15-16H2,1-3H3,(H,31,32). The molecule has 0 bridgehead atoms. The molecule has 0 aliphatic heterocycles. The molecule has 0 saturated carbocycles. The SMILES string of the molecule is COc1ccc2oc(C(Nc3ccc(C(=O)N(C)CCC(=O)O)cc3)c3ccccc3)c(C)c2c1. The van der Waals surface area contributed by atoms with Crippen molar-refractivity contribution in [2.45, 2.75) is 19.4 Å². The van der Waals surface area contributed by atoms with Gasteiger partial charge in [0.15, 0.2) is 0 Å². The van der Waals surface area contributed by atoms with E-state index < -0.39 is 5.97 Å². The van der Waals surface area contributed by atoms with Crippen molar-refractivity contribution in [2.75, 3.05) is 26.0 Å². The van der Waals surface area contributed by atoms with Crippen molar-refractivity contribution < 1.29 is 23.8 Å². The number of carboxylic acids is 1. The van der Waals surface area contributed by atoms with Crippen LogP contribution >= 0.6 is 0 Å². The van der Waals surface area contributed by atoms with Gasteiger partial charge in [-0.1, -0.05) is 30.3 Å². The zero-order chi connectivity index (χ0) is 24.9. The summed E-state index contributed by atoms with van der Waals surface area (Å²) in [6, 6.07) is 22.7. The summed E-state index contributed by atoms with van der Waals surface area (Å²) < 4.78 is 11.7. The molecule has 2 N–H and O–H groups in total. The number of fused-ring (bicyclic) bond motifs is 1. The number of carboxylic acid groups (broad SMARTS) is 1. The Kier molecular flexibility index (Phi) is 7.06. The van der Waals surface area contributed by atoms with Crippen molar-refractivity contribution in [1.29, 1.82) is 0 Å². The molecule has 1 unspecified atom stereocenters. The summed E-state index contributed by atoms with van der Waals surface area (Å²) in [6.07, 6.45) is -0.0939. The number of hydrogen-bond donors (Lipinski definition) is 2. The molecule has 4 rings (SSSR count). The number of ether oxygens (including phenoxy) is 1. The predicted molar refractivity (Wildman–Crippen MR) is 135 cm³/mol. The highest BCUT2D eigenvalue weighted by Crippen LogP contribution is 2.36. The van der Waals surface area contributed by atoms with Gasteiger partial charge in [0.1, 0.15) is 23.1 Å². The van der Waals surface area contributed by atoms with Crippen molar-refractivity contribution in [3.8, 4) is 5.75 Å². The maximum atomic E-state index is 12.6. The van der Waals surface area contributed by atoms with Crippen LogP contribution in [-0.4, -0.2) is 42.6 Å². The molecule has 4 aromatic rings. The van der Waals surface area contributed by atoms with E-state index in [0.29, 0.717) is 5.56 Å². The monoisotopic (exact) mass is 472 g/mol. The largest absolute Gasteiger partial charge is 0.497 e. The number of nitrogens with zero attached hydrogens (tertiary/aromatic N) is 1. The maximum absolute atomic E-state index is 12.6. The minimum atomic E-state index is -0.935. The number of carbonyl (C=O) groups excluding carboxylic acids is 1. The van der Waals surface area contributed by atoms with E-state index >= 15 is 0 Å². The fraction of sp³-hybridized carbons (Fsp3) is 0.214. The smallest absolute Gasteiger partial charge is 0.305 e. The van der Waals surface area contributed by atoms with Crippen LogP contribution in [0, 0.1) is 6.92 Å². The van der Waals surface area contributed by atoms with Gasteiger partial charge in [-0.05, 0) is 55.0 Å². The Bertz CT molecular complexity index is 1330. The lowest BCUT2D eigenvalue weighted by Crippen LogP contribution is -2.29. The molecule has 1 aromatic heterocycles. The first-order valence-corrected chi connectivity index (χ1v) is 11.3. The van der Waals surface area contributed by atoms with E-state index in [9.17, 15) is 9.59 Å². The highest BCUT2D eigenvalue weighted by Gasteiger charge is 2.23. The number of amides is 1. The number of methoxy groups -OCH3 is 1. The van der Waals surface area contributed by atoms with Crippen molar-refractivity contribution in [2.24, 2.45) is 0 Å². The van der Waals surface area contributed by atoms with Crippen LogP contribution in [0.2, 0.25) is 0 Å². The Hall–Kier alpha value is -4.26. The quantitative estimate of drug-likeness (QED) is 0.334. The molecule has 0 saturated heterocycles. The van der Waals surface area contributed by atoms with E-state index in [4.69, 9.17) is 14.3 Å². The van der Waals surface area contributed by atoms with Crippen molar-refractivity contribution in [1.82, 2.24) is 4.90 Å².